The highest BCUT2D eigenvalue weighted by atomic mass is 32.2. The van der Waals surface area contributed by atoms with Gasteiger partial charge in [0.25, 0.3) is 0 Å². The van der Waals surface area contributed by atoms with E-state index in [0.29, 0.717) is 34.6 Å². The van der Waals surface area contributed by atoms with Crippen molar-refractivity contribution >= 4 is 9.84 Å². The molecule has 0 aromatic heterocycles. The second-order valence-corrected chi connectivity index (χ2v) is 12.7. The Hall–Kier alpha value is -4.35. The first-order chi connectivity index (χ1) is 20.2. The van der Waals surface area contributed by atoms with Gasteiger partial charge in [-0.3, -0.25) is 0 Å². The Morgan fingerprint density at radius 3 is 1.57 bits per heavy atom. The molecule has 4 nitrogen and oxygen atoms in total. The van der Waals surface area contributed by atoms with Crippen LogP contribution in [0.5, 0.6) is 11.5 Å². The molecule has 0 aliphatic carbocycles. The Morgan fingerprint density at radius 1 is 0.595 bits per heavy atom. The lowest BCUT2D eigenvalue weighted by molar-refractivity contribution is 0.309. The molecule has 0 fully saturated rings. The maximum atomic E-state index is 14.8. The van der Waals surface area contributed by atoms with Gasteiger partial charge >= 0.3 is 0 Å². The Kier molecular flexibility index (Phi) is 8.51. The summed E-state index contributed by atoms with van der Waals surface area (Å²) in [5.41, 5.74) is 6.93. The molecule has 42 heavy (non-hydrogen) atoms. The standard InChI is InChI=1S/C37H36O4S/c1-5-6-21-41-31-19-20-36(33(22-31)29-15-9-26(3)10-16-29)42(39,40)37-24-32(28-13-7-25(2)8-14-28)35(38)23-34(37)30-17-11-27(4)12-18-30/h7-20,22-24,38H,5-6,21H2,1-4H3. The van der Waals surface area contributed by atoms with Crippen LogP contribution in [-0.4, -0.2) is 20.1 Å². The predicted octanol–water partition coefficient (Wildman–Crippen LogP) is 9.33. The van der Waals surface area contributed by atoms with Crippen molar-refractivity contribution in [3.05, 3.63) is 120 Å². The predicted molar refractivity (Wildman–Crippen MR) is 171 cm³/mol. The molecule has 5 rings (SSSR count). The van der Waals surface area contributed by atoms with E-state index in [2.05, 4.69) is 6.92 Å². The van der Waals surface area contributed by atoms with Crippen molar-refractivity contribution in [3.63, 3.8) is 0 Å². The maximum Gasteiger partial charge on any atom is 0.207 e. The van der Waals surface area contributed by atoms with E-state index < -0.39 is 9.84 Å². The highest BCUT2D eigenvalue weighted by Crippen LogP contribution is 2.43. The first-order valence-electron chi connectivity index (χ1n) is 14.3. The molecule has 0 unspecified atom stereocenters. The third-order valence-electron chi connectivity index (χ3n) is 7.48. The van der Waals surface area contributed by atoms with Gasteiger partial charge in [-0.05, 0) is 74.2 Å². The summed E-state index contributed by atoms with van der Waals surface area (Å²) in [6, 6.07) is 31.5. The lowest BCUT2D eigenvalue weighted by Gasteiger charge is -2.18. The molecule has 0 atom stereocenters. The van der Waals surface area contributed by atoms with Crippen LogP contribution in [0.2, 0.25) is 0 Å². The van der Waals surface area contributed by atoms with Crippen molar-refractivity contribution in [2.75, 3.05) is 6.61 Å². The lowest BCUT2D eigenvalue weighted by Crippen LogP contribution is -2.07. The molecule has 0 aliphatic heterocycles. The summed E-state index contributed by atoms with van der Waals surface area (Å²) in [5, 5.41) is 11.2. The van der Waals surface area contributed by atoms with Crippen LogP contribution >= 0.6 is 0 Å². The molecule has 0 saturated heterocycles. The Labute approximate surface area is 249 Å². The van der Waals surface area contributed by atoms with E-state index in [9.17, 15) is 13.5 Å². The summed E-state index contributed by atoms with van der Waals surface area (Å²) >= 11 is 0. The molecule has 5 aromatic rings. The first kappa shape index (κ1) is 29.2. The zero-order chi connectivity index (χ0) is 29.9. The van der Waals surface area contributed by atoms with Crippen LogP contribution in [0.25, 0.3) is 33.4 Å². The highest BCUT2D eigenvalue weighted by Gasteiger charge is 2.28. The van der Waals surface area contributed by atoms with Gasteiger partial charge in [-0.1, -0.05) is 103 Å². The van der Waals surface area contributed by atoms with Crippen molar-refractivity contribution in [3.8, 4) is 44.9 Å². The molecule has 0 saturated carbocycles. The summed E-state index contributed by atoms with van der Waals surface area (Å²) in [7, 11) is -4.08. The highest BCUT2D eigenvalue weighted by molar-refractivity contribution is 7.91. The second kappa shape index (κ2) is 12.3. The van der Waals surface area contributed by atoms with Crippen molar-refractivity contribution in [1.29, 1.82) is 0 Å². The van der Waals surface area contributed by atoms with E-state index in [4.69, 9.17) is 4.74 Å². The summed E-state index contributed by atoms with van der Waals surface area (Å²) in [4.78, 5) is 0.316. The van der Waals surface area contributed by atoms with Crippen LogP contribution in [0.3, 0.4) is 0 Å². The average molecular weight is 577 g/mol. The van der Waals surface area contributed by atoms with Crippen LogP contribution in [0.15, 0.2) is 113 Å². The quantitative estimate of drug-likeness (QED) is 0.178. The Bertz CT molecular complexity index is 1800. The molecule has 5 aromatic carbocycles. The molecule has 1 N–H and O–H groups in total. The Balaban J connectivity index is 1.75. The van der Waals surface area contributed by atoms with Gasteiger partial charge in [0.05, 0.1) is 16.4 Å². The number of benzene rings is 5. The molecule has 0 bridgehead atoms. The number of aryl methyl sites for hydroxylation is 3. The number of rotatable bonds is 9. The molecule has 0 aliphatic rings. The number of sulfone groups is 1. The van der Waals surface area contributed by atoms with E-state index in [1.807, 2.05) is 99.6 Å². The van der Waals surface area contributed by atoms with Crippen LogP contribution in [-0.2, 0) is 9.84 Å². The molecule has 0 radical (unpaired) electrons. The summed E-state index contributed by atoms with van der Waals surface area (Å²) < 4.78 is 35.5. The van der Waals surface area contributed by atoms with Crippen molar-refractivity contribution in [2.24, 2.45) is 0 Å². The van der Waals surface area contributed by atoms with Crippen molar-refractivity contribution in [2.45, 2.75) is 50.3 Å². The zero-order valence-electron chi connectivity index (χ0n) is 24.5. The molecular formula is C37H36O4S. The fraction of sp³-hybridized carbons (Fsp3) is 0.189. The monoisotopic (exact) mass is 576 g/mol. The molecule has 0 spiro atoms. The molecular weight excluding hydrogens is 540 g/mol. The number of phenolic OH excluding ortho intramolecular Hbond substituents is 1. The van der Waals surface area contributed by atoms with Gasteiger partial charge in [0.2, 0.25) is 9.84 Å². The number of phenols is 1. The summed E-state index contributed by atoms with van der Waals surface area (Å²) in [6.07, 6.45) is 1.92. The normalized spacial score (nSPS) is 11.4. The topological polar surface area (TPSA) is 63.6 Å². The first-order valence-corrected chi connectivity index (χ1v) is 15.8. The van der Waals surface area contributed by atoms with Gasteiger partial charge in [-0.2, -0.15) is 0 Å². The smallest absolute Gasteiger partial charge is 0.207 e. The van der Waals surface area contributed by atoms with Crippen LogP contribution in [0.1, 0.15) is 36.5 Å². The minimum absolute atomic E-state index is 0.0202. The number of hydrogen-bond acceptors (Lipinski definition) is 4. The van der Waals surface area contributed by atoms with Crippen LogP contribution in [0, 0.1) is 20.8 Å². The van der Waals surface area contributed by atoms with E-state index in [-0.39, 0.29) is 15.5 Å². The maximum absolute atomic E-state index is 14.8. The second-order valence-electron chi connectivity index (χ2n) is 10.8. The SMILES string of the molecule is CCCCOc1ccc(S(=O)(=O)c2cc(-c3ccc(C)cc3)c(O)cc2-c2ccc(C)cc2)c(-c2ccc(C)cc2)c1. The van der Waals surface area contributed by atoms with Crippen LogP contribution in [0.4, 0.5) is 0 Å². The lowest BCUT2D eigenvalue weighted by atomic mass is 9.98. The Morgan fingerprint density at radius 2 is 1.07 bits per heavy atom. The van der Waals surface area contributed by atoms with Crippen molar-refractivity contribution < 1.29 is 18.3 Å². The van der Waals surface area contributed by atoms with E-state index in [0.717, 1.165) is 40.7 Å². The van der Waals surface area contributed by atoms with Gasteiger partial charge in [0, 0.05) is 16.7 Å². The minimum Gasteiger partial charge on any atom is -0.507 e. The van der Waals surface area contributed by atoms with Gasteiger partial charge < -0.3 is 9.84 Å². The zero-order valence-corrected chi connectivity index (χ0v) is 25.3. The summed E-state index contributed by atoms with van der Waals surface area (Å²) in [5.74, 6) is 0.648. The number of unbranched alkanes of at least 4 members (excludes halogenated alkanes) is 1. The van der Waals surface area contributed by atoms with Gasteiger partial charge in [-0.15, -0.1) is 0 Å². The van der Waals surface area contributed by atoms with E-state index in [1.165, 1.54) is 0 Å². The number of ether oxygens (including phenoxy) is 1. The van der Waals surface area contributed by atoms with E-state index >= 15 is 0 Å². The minimum atomic E-state index is -4.08. The molecule has 5 heteroatoms. The number of aromatic hydroxyl groups is 1. The molecule has 214 valence electrons. The largest absolute Gasteiger partial charge is 0.507 e. The van der Waals surface area contributed by atoms with E-state index in [1.54, 1.807) is 24.3 Å². The third-order valence-corrected chi connectivity index (χ3v) is 9.33. The molecule has 0 amide bonds. The van der Waals surface area contributed by atoms with Gasteiger partial charge in [0.1, 0.15) is 11.5 Å². The number of hydrogen-bond donors (Lipinski definition) is 1. The fourth-order valence-electron chi connectivity index (χ4n) is 4.96. The van der Waals surface area contributed by atoms with Gasteiger partial charge in [0.15, 0.2) is 0 Å². The third kappa shape index (κ3) is 6.12. The van der Waals surface area contributed by atoms with Crippen molar-refractivity contribution in [1.82, 2.24) is 0 Å². The van der Waals surface area contributed by atoms with Gasteiger partial charge in [-0.25, -0.2) is 8.42 Å². The average Bonchev–Trinajstić information content (AvgIpc) is 2.98. The van der Waals surface area contributed by atoms with Crippen LogP contribution < -0.4 is 4.74 Å². The fourth-order valence-corrected chi connectivity index (χ4v) is 6.65. The summed E-state index contributed by atoms with van der Waals surface area (Å²) in [6.45, 7) is 8.64. The molecule has 0 heterocycles.